The van der Waals surface area contributed by atoms with Crippen molar-refractivity contribution in [3.05, 3.63) is 63.9 Å². The van der Waals surface area contributed by atoms with Gasteiger partial charge in [0.2, 0.25) is 5.91 Å². The van der Waals surface area contributed by atoms with Crippen molar-refractivity contribution < 1.29 is 18.7 Å². The van der Waals surface area contributed by atoms with Crippen LogP contribution in [0.4, 0.5) is 4.39 Å². The Labute approximate surface area is 192 Å². The van der Waals surface area contributed by atoms with Crippen LogP contribution in [-0.4, -0.2) is 35.9 Å². The van der Waals surface area contributed by atoms with Gasteiger partial charge in [-0.1, -0.05) is 61.7 Å². The van der Waals surface area contributed by atoms with E-state index in [0.717, 1.165) is 12.8 Å². The lowest BCUT2D eigenvalue weighted by atomic mass is 10.1. The van der Waals surface area contributed by atoms with E-state index in [4.69, 9.17) is 27.9 Å². The number of hydrogen-bond donors (Lipinski definition) is 1. The van der Waals surface area contributed by atoms with Crippen LogP contribution in [0.5, 0.6) is 5.75 Å². The van der Waals surface area contributed by atoms with Crippen LogP contribution in [0, 0.1) is 5.82 Å². The molecule has 0 spiro atoms. The third kappa shape index (κ3) is 7.40. The Kier molecular flexibility index (Phi) is 10.1. The lowest BCUT2D eigenvalue weighted by molar-refractivity contribution is -0.143. The quantitative estimate of drug-likeness (QED) is 0.459. The lowest BCUT2D eigenvalue weighted by Crippen LogP contribution is -2.50. The van der Waals surface area contributed by atoms with Crippen LogP contribution < -0.4 is 10.1 Å². The third-order valence-corrected chi connectivity index (χ3v) is 5.48. The van der Waals surface area contributed by atoms with E-state index in [1.54, 1.807) is 24.3 Å². The Morgan fingerprint density at radius 2 is 1.87 bits per heavy atom. The Hall–Kier alpha value is -2.31. The van der Waals surface area contributed by atoms with E-state index < -0.39 is 24.4 Å². The molecular formula is C23H27Cl2FN2O3. The summed E-state index contributed by atoms with van der Waals surface area (Å²) < 4.78 is 19.2. The number of carbonyl (C=O) groups excluding carboxylic acids is 2. The Bertz CT molecular complexity index is 895. The van der Waals surface area contributed by atoms with Crippen molar-refractivity contribution in [3.8, 4) is 5.75 Å². The van der Waals surface area contributed by atoms with Gasteiger partial charge in [0, 0.05) is 13.1 Å². The summed E-state index contributed by atoms with van der Waals surface area (Å²) in [6, 6.07) is 10.2. The molecule has 2 rings (SSSR count). The number of rotatable bonds is 11. The molecule has 0 aliphatic rings. The van der Waals surface area contributed by atoms with E-state index in [0.29, 0.717) is 28.6 Å². The molecule has 0 aromatic heterocycles. The number of halogens is 3. The second-order valence-corrected chi connectivity index (χ2v) is 7.87. The maximum Gasteiger partial charge on any atom is 0.261 e. The summed E-state index contributed by atoms with van der Waals surface area (Å²) in [6.45, 7) is 4.13. The van der Waals surface area contributed by atoms with Gasteiger partial charge in [-0.05, 0) is 42.7 Å². The number of nitrogens with one attached hydrogen (secondary N) is 1. The highest BCUT2D eigenvalue weighted by molar-refractivity contribution is 6.42. The normalized spacial score (nSPS) is 11.6. The first-order valence-corrected chi connectivity index (χ1v) is 11.0. The number of para-hydroxylation sites is 1. The van der Waals surface area contributed by atoms with Gasteiger partial charge in [-0.3, -0.25) is 9.59 Å². The first-order valence-electron chi connectivity index (χ1n) is 10.3. The number of benzene rings is 2. The number of unbranched alkanes of at least 4 members (excludes halogenated alkanes) is 1. The number of hydrogen-bond acceptors (Lipinski definition) is 3. The van der Waals surface area contributed by atoms with Crippen LogP contribution in [0.15, 0.2) is 42.5 Å². The molecule has 1 atom stereocenters. The molecule has 31 heavy (non-hydrogen) atoms. The van der Waals surface area contributed by atoms with Crippen LogP contribution in [0.2, 0.25) is 10.0 Å². The van der Waals surface area contributed by atoms with Gasteiger partial charge in [0.1, 0.15) is 6.04 Å². The highest BCUT2D eigenvalue weighted by Crippen LogP contribution is 2.24. The predicted molar refractivity (Wildman–Crippen MR) is 121 cm³/mol. The van der Waals surface area contributed by atoms with E-state index in [9.17, 15) is 14.0 Å². The number of amides is 2. The van der Waals surface area contributed by atoms with Crippen molar-refractivity contribution in [3.63, 3.8) is 0 Å². The monoisotopic (exact) mass is 468 g/mol. The van der Waals surface area contributed by atoms with Gasteiger partial charge in [-0.25, -0.2) is 4.39 Å². The van der Waals surface area contributed by atoms with Crippen molar-refractivity contribution in [2.75, 3.05) is 13.2 Å². The molecule has 0 aliphatic heterocycles. The number of nitrogens with zero attached hydrogens (tertiary/aromatic N) is 1. The molecule has 0 unspecified atom stereocenters. The molecule has 2 aromatic carbocycles. The van der Waals surface area contributed by atoms with Gasteiger partial charge in [-0.2, -0.15) is 0 Å². The standard InChI is InChI=1S/C23H27Cl2FN2O3/c1-3-5-12-27-23(30)20(4-2)28(14-16-10-11-17(24)18(25)13-16)22(29)15-31-21-9-7-6-8-19(21)26/h6-11,13,20H,3-5,12,14-15H2,1-2H3,(H,27,30)/t20-/m1/s1. The average Bonchev–Trinajstić information content (AvgIpc) is 2.75. The van der Waals surface area contributed by atoms with E-state index in [1.807, 2.05) is 13.8 Å². The molecule has 1 N–H and O–H groups in total. The maximum absolute atomic E-state index is 13.9. The highest BCUT2D eigenvalue weighted by atomic mass is 35.5. The maximum atomic E-state index is 13.9. The Balaban J connectivity index is 2.22. The first-order chi connectivity index (χ1) is 14.9. The molecule has 5 nitrogen and oxygen atoms in total. The molecule has 0 saturated heterocycles. The Morgan fingerprint density at radius 3 is 2.52 bits per heavy atom. The molecule has 0 radical (unpaired) electrons. The van der Waals surface area contributed by atoms with Gasteiger partial charge in [0.15, 0.2) is 18.2 Å². The van der Waals surface area contributed by atoms with Gasteiger partial charge < -0.3 is 15.0 Å². The first kappa shape index (κ1) is 25.0. The topological polar surface area (TPSA) is 58.6 Å². The van der Waals surface area contributed by atoms with Crippen LogP contribution >= 0.6 is 23.2 Å². The molecule has 2 aromatic rings. The molecule has 0 heterocycles. The zero-order valence-electron chi connectivity index (χ0n) is 17.7. The number of carbonyl (C=O) groups is 2. The second kappa shape index (κ2) is 12.5. The zero-order chi connectivity index (χ0) is 22.8. The van der Waals surface area contributed by atoms with Crippen LogP contribution in [0.25, 0.3) is 0 Å². The Morgan fingerprint density at radius 1 is 1.13 bits per heavy atom. The van der Waals surface area contributed by atoms with Crippen molar-refractivity contribution in [2.45, 2.75) is 45.7 Å². The summed E-state index contributed by atoms with van der Waals surface area (Å²) in [6.07, 6.45) is 2.20. The van der Waals surface area contributed by atoms with Crippen LogP contribution in [0.1, 0.15) is 38.7 Å². The smallest absolute Gasteiger partial charge is 0.261 e. The minimum Gasteiger partial charge on any atom is -0.481 e. The fourth-order valence-corrected chi connectivity index (χ4v) is 3.37. The lowest BCUT2D eigenvalue weighted by Gasteiger charge is -2.30. The molecule has 8 heteroatoms. The van der Waals surface area contributed by atoms with Gasteiger partial charge in [0.05, 0.1) is 10.0 Å². The third-order valence-electron chi connectivity index (χ3n) is 4.74. The fraction of sp³-hybridized carbons (Fsp3) is 0.391. The van der Waals surface area contributed by atoms with Gasteiger partial charge in [-0.15, -0.1) is 0 Å². The molecule has 0 aliphatic carbocycles. The van der Waals surface area contributed by atoms with Crippen LogP contribution in [-0.2, 0) is 16.1 Å². The van der Waals surface area contributed by atoms with E-state index >= 15 is 0 Å². The summed E-state index contributed by atoms with van der Waals surface area (Å²) in [5, 5.41) is 3.63. The average molecular weight is 469 g/mol. The molecule has 0 saturated carbocycles. The largest absolute Gasteiger partial charge is 0.481 e. The van der Waals surface area contributed by atoms with Crippen LogP contribution in [0.3, 0.4) is 0 Å². The predicted octanol–water partition coefficient (Wildman–Crippen LogP) is 5.24. The van der Waals surface area contributed by atoms with Crippen molar-refractivity contribution in [1.82, 2.24) is 10.2 Å². The van der Waals surface area contributed by atoms with E-state index in [1.165, 1.54) is 23.1 Å². The van der Waals surface area contributed by atoms with Gasteiger partial charge >= 0.3 is 0 Å². The molecule has 2 amide bonds. The molecule has 0 bridgehead atoms. The summed E-state index contributed by atoms with van der Waals surface area (Å²) in [4.78, 5) is 27.3. The summed E-state index contributed by atoms with van der Waals surface area (Å²) in [5.41, 5.74) is 0.716. The van der Waals surface area contributed by atoms with Crippen molar-refractivity contribution in [2.24, 2.45) is 0 Å². The van der Waals surface area contributed by atoms with Gasteiger partial charge in [0.25, 0.3) is 5.91 Å². The minimum absolute atomic E-state index is 0.0224. The summed E-state index contributed by atoms with van der Waals surface area (Å²) in [7, 11) is 0. The van der Waals surface area contributed by atoms with Crippen molar-refractivity contribution >= 4 is 35.0 Å². The number of ether oxygens (including phenoxy) is 1. The van der Waals surface area contributed by atoms with E-state index in [-0.39, 0.29) is 18.2 Å². The highest BCUT2D eigenvalue weighted by Gasteiger charge is 2.29. The summed E-state index contributed by atoms with van der Waals surface area (Å²) in [5.74, 6) is -1.26. The second-order valence-electron chi connectivity index (χ2n) is 7.06. The molecular weight excluding hydrogens is 442 g/mol. The SMILES string of the molecule is CCCCNC(=O)[C@@H](CC)N(Cc1ccc(Cl)c(Cl)c1)C(=O)COc1ccccc1F. The zero-order valence-corrected chi connectivity index (χ0v) is 19.2. The van der Waals surface area contributed by atoms with E-state index in [2.05, 4.69) is 5.32 Å². The van der Waals surface area contributed by atoms with Crippen molar-refractivity contribution in [1.29, 1.82) is 0 Å². The fourth-order valence-electron chi connectivity index (χ4n) is 3.04. The molecule has 168 valence electrons. The molecule has 0 fully saturated rings. The summed E-state index contributed by atoms with van der Waals surface area (Å²) >= 11 is 12.1. The minimum atomic E-state index is -0.706.